The molecule has 0 radical (unpaired) electrons. The summed E-state index contributed by atoms with van der Waals surface area (Å²) in [5.41, 5.74) is 0.470. The van der Waals surface area contributed by atoms with Crippen LogP contribution in [-0.4, -0.2) is 11.7 Å². The SMILES string of the molecule is CCCOc1ccc(C2(O)CCCCC2C(C)(C)C)cc1. The van der Waals surface area contributed by atoms with Crippen molar-refractivity contribution in [2.75, 3.05) is 6.61 Å². The van der Waals surface area contributed by atoms with Crippen molar-refractivity contribution >= 4 is 0 Å². The number of benzene rings is 1. The number of hydrogen-bond acceptors (Lipinski definition) is 2. The molecular weight excluding hydrogens is 260 g/mol. The van der Waals surface area contributed by atoms with Gasteiger partial charge in [0.1, 0.15) is 5.75 Å². The molecule has 1 aromatic carbocycles. The summed E-state index contributed by atoms with van der Waals surface area (Å²) in [4.78, 5) is 0. The molecule has 1 saturated carbocycles. The summed E-state index contributed by atoms with van der Waals surface area (Å²) < 4.78 is 5.64. The summed E-state index contributed by atoms with van der Waals surface area (Å²) in [5, 5.41) is 11.4. The first-order valence-corrected chi connectivity index (χ1v) is 8.33. The predicted molar refractivity (Wildman–Crippen MR) is 87.5 cm³/mol. The maximum absolute atomic E-state index is 11.4. The first kappa shape index (κ1) is 16.4. The fourth-order valence-electron chi connectivity index (χ4n) is 3.71. The number of hydrogen-bond donors (Lipinski definition) is 1. The van der Waals surface area contributed by atoms with Crippen molar-refractivity contribution in [3.05, 3.63) is 29.8 Å². The molecule has 2 atom stereocenters. The average Bonchev–Trinajstić information content (AvgIpc) is 2.45. The maximum Gasteiger partial charge on any atom is 0.119 e. The van der Waals surface area contributed by atoms with Crippen LogP contribution in [0, 0.1) is 11.3 Å². The molecule has 0 bridgehead atoms. The van der Waals surface area contributed by atoms with Gasteiger partial charge in [-0.3, -0.25) is 0 Å². The Labute approximate surface area is 129 Å². The molecule has 2 rings (SSSR count). The van der Waals surface area contributed by atoms with Crippen LogP contribution in [-0.2, 0) is 5.60 Å². The van der Waals surface area contributed by atoms with E-state index in [9.17, 15) is 5.11 Å². The standard InChI is InChI=1S/C19H30O2/c1-5-14-21-16-11-9-15(10-12-16)19(20)13-7-6-8-17(19)18(2,3)4/h9-12,17,20H,5-8,13-14H2,1-4H3. The molecule has 118 valence electrons. The molecule has 21 heavy (non-hydrogen) atoms. The Morgan fingerprint density at radius 3 is 2.43 bits per heavy atom. The molecule has 0 spiro atoms. The topological polar surface area (TPSA) is 29.5 Å². The van der Waals surface area contributed by atoms with Crippen molar-refractivity contribution in [1.29, 1.82) is 0 Å². The van der Waals surface area contributed by atoms with Gasteiger partial charge >= 0.3 is 0 Å². The molecule has 2 nitrogen and oxygen atoms in total. The zero-order chi connectivity index (χ0) is 15.5. The number of rotatable bonds is 4. The van der Waals surface area contributed by atoms with Gasteiger partial charge in [0.05, 0.1) is 12.2 Å². The molecule has 1 aliphatic rings. The van der Waals surface area contributed by atoms with Crippen molar-refractivity contribution in [1.82, 2.24) is 0 Å². The van der Waals surface area contributed by atoms with Crippen LogP contribution in [0.4, 0.5) is 0 Å². The van der Waals surface area contributed by atoms with Crippen molar-refractivity contribution in [3.8, 4) is 5.75 Å². The van der Waals surface area contributed by atoms with E-state index in [4.69, 9.17) is 4.74 Å². The van der Waals surface area contributed by atoms with E-state index in [-0.39, 0.29) is 5.41 Å². The summed E-state index contributed by atoms with van der Waals surface area (Å²) in [6.45, 7) is 9.58. The van der Waals surface area contributed by atoms with Gasteiger partial charge in [-0.1, -0.05) is 52.7 Å². The third-order valence-electron chi connectivity index (χ3n) is 4.75. The fraction of sp³-hybridized carbons (Fsp3) is 0.684. The van der Waals surface area contributed by atoms with Crippen LogP contribution in [0.1, 0.15) is 65.4 Å². The maximum atomic E-state index is 11.4. The zero-order valence-electron chi connectivity index (χ0n) is 14.0. The fourth-order valence-corrected chi connectivity index (χ4v) is 3.71. The second-order valence-corrected chi connectivity index (χ2v) is 7.46. The molecule has 0 aliphatic heterocycles. The second kappa shape index (κ2) is 6.39. The molecule has 1 N–H and O–H groups in total. The van der Waals surface area contributed by atoms with Crippen molar-refractivity contribution in [3.63, 3.8) is 0 Å². The Bertz CT molecular complexity index is 444. The highest BCUT2D eigenvalue weighted by Crippen LogP contribution is 2.49. The van der Waals surface area contributed by atoms with E-state index >= 15 is 0 Å². The van der Waals surface area contributed by atoms with Gasteiger partial charge in [0.25, 0.3) is 0 Å². The molecule has 0 aromatic heterocycles. The Morgan fingerprint density at radius 2 is 1.86 bits per heavy atom. The highest BCUT2D eigenvalue weighted by molar-refractivity contribution is 5.32. The van der Waals surface area contributed by atoms with E-state index in [1.54, 1.807) is 0 Å². The van der Waals surface area contributed by atoms with Crippen molar-refractivity contribution < 1.29 is 9.84 Å². The Morgan fingerprint density at radius 1 is 1.19 bits per heavy atom. The van der Waals surface area contributed by atoms with E-state index in [1.165, 1.54) is 6.42 Å². The molecular formula is C19H30O2. The van der Waals surface area contributed by atoms with Crippen molar-refractivity contribution in [2.24, 2.45) is 11.3 Å². The molecule has 0 saturated heterocycles. The van der Waals surface area contributed by atoms with Crippen LogP contribution in [0.25, 0.3) is 0 Å². The molecule has 0 amide bonds. The van der Waals surface area contributed by atoms with Gasteiger partial charge in [0, 0.05) is 0 Å². The van der Waals surface area contributed by atoms with E-state index < -0.39 is 5.60 Å². The lowest BCUT2D eigenvalue weighted by Crippen LogP contribution is -2.44. The van der Waals surface area contributed by atoms with Crippen LogP contribution >= 0.6 is 0 Å². The van der Waals surface area contributed by atoms with Gasteiger partial charge in [-0.15, -0.1) is 0 Å². The summed E-state index contributed by atoms with van der Waals surface area (Å²) in [6, 6.07) is 8.10. The molecule has 1 aliphatic carbocycles. The molecule has 2 heteroatoms. The van der Waals surface area contributed by atoms with Gasteiger partial charge < -0.3 is 9.84 Å². The minimum Gasteiger partial charge on any atom is -0.494 e. The van der Waals surface area contributed by atoms with E-state index in [2.05, 4.69) is 39.8 Å². The Kier molecular flexibility index (Phi) is 4.98. The van der Waals surface area contributed by atoms with Crippen LogP contribution < -0.4 is 4.74 Å². The number of ether oxygens (including phenoxy) is 1. The first-order chi connectivity index (χ1) is 9.88. The summed E-state index contributed by atoms with van der Waals surface area (Å²) in [7, 11) is 0. The molecule has 1 aromatic rings. The van der Waals surface area contributed by atoms with E-state index in [0.717, 1.165) is 43.6 Å². The smallest absolute Gasteiger partial charge is 0.119 e. The monoisotopic (exact) mass is 290 g/mol. The average molecular weight is 290 g/mol. The number of aliphatic hydroxyl groups is 1. The third kappa shape index (κ3) is 3.60. The predicted octanol–water partition coefficient (Wildman–Crippen LogP) is 4.90. The molecule has 0 heterocycles. The van der Waals surface area contributed by atoms with Gasteiger partial charge in [0.15, 0.2) is 0 Å². The minimum atomic E-state index is -0.695. The van der Waals surface area contributed by atoms with Gasteiger partial charge in [-0.25, -0.2) is 0 Å². The van der Waals surface area contributed by atoms with Crippen LogP contribution in [0.15, 0.2) is 24.3 Å². The van der Waals surface area contributed by atoms with E-state index in [1.807, 2.05) is 12.1 Å². The summed E-state index contributed by atoms with van der Waals surface area (Å²) in [6.07, 6.45) is 5.31. The Hall–Kier alpha value is -1.02. The molecule has 1 fully saturated rings. The summed E-state index contributed by atoms with van der Waals surface area (Å²) >= 11 is 0. The third-order valence-corrected chi connectivity index (χ3v) is 4.75. The normalized spacial score (nSPS) is 26.6. The van der Waals surface area contributed by atoms with Gasteiger partial charge in [-0.05, 0) is 48.3 Å². The van der Waals surface area contributed by atoms with Gasteiger partial charge in [0.2, 0.25) is 0 Å². The second-order valence-electron chi connectivity index (χ2n) is 7.46. The lowest BCUT2D eigenvalue weighted by atomic mass is 9.61. The van der Waals surface area contributed by atoms with Crippen LogP contribution in [0.5, 0.6) is 5.75 Å². The highest BCUT2D eigenvalue weighted by atomic mass is 16.5. The van der Waals surface area contributed by atoms with Crippen molar-refractivity contribution in [2.45, 2.75) is 65.4 Å². The quantitative estimate of drug-likeness (QED) is 0.854. The Balaban J connectivity index is 2.24. The van der Waals surface area contributed by atoms with Gasteiger partial charge in [-0.2, -0.15) is 0 Å². The highest BCUT2D eigenvalue weighted by Gasteiger charge is 2.45. The van der Waals surface area contributed by atoms with Crippen LogP contribution in [0.3, 0.4) is 0 Å². The van der Waals surface area contributed by atoms with E-state index in [0.29, 0.717) is 5.92 Å². The first-order valence-electron chi connectivity index (χ1n) is 8.33. The molecule has 2 unspecified atom stereocenters. The van der Waals surface area contributed by atoms with Crippen LogP contribution in [0.2, 0.25) is 0 Å². The minimum absolute atomic E-state index is 0.118. The zero-order valence-corrected chi connectivity index (χ0v) is 14.0. The summed E-state index contributed by atoms with van der Waals surface area (Å²) in [5.74, 6) is 1.20. The largest absolute Gasteiger partial charge is 0.494 e. The lowest BCUT2D eigenvalue weighted by Gasteiger charge is -2.47. The lowest BCUT2D eigenvalue weighted by molar-refractivity contribution is -0.0959.